The summed E-state index contributed by atoms with van der Waals surface area (Å²) in [5.41, 5.74) is 0.247. The zero-order chi connectivity index (χ0) is 23.4. The predicted molar refractivity (Wildman–Crippen MR) is 115 cm³/mol. The van der Waals surface area contributed by atoms with Gasteiger partial charge in [-0.1, -0.05) is 36.4 Å². The highest BCUT2D eigenvalue weighted by atomic mass is 17.2. The largest absolute Gasteiger partial charge is 0.373 e. The van der Waals surface area contributed by atoms with Crippen molar-refractivity contribution in [2.45, 2.75) is 58.3 Å². The minimum atomic E-state index is -0.624. The van der Waals surface area contributed by atoms with Gasteiger partial charge in [-0.15, -0.1) is 0 Å². The fraction of sp³-hybridized carbons (Fsp3) is 0.417. The van der Waals surface area contributed by atoms with Gasteiger partial charge in [0.25, 0.3) is 0 Å². The van der Waals surface area contributed by atoms with Crippen LogP contribution in [0.2, 0.25) is 0 Å². The van der Waals surface area contributed by atoms with E-state index < -0.39 is 29.7 Å². The second-order valence-electron chi connectivity index (χ2n) is 8.16. The van der Waals surface area contributed by atoms with E-state index in [1.54, 1.807) is 67.6 Å². The quantitative estimate of drug-likeness (QED) is 0.338. The molecule has 0 radical (unpaired) electrons. The molecule has 0 spiro atoms. The van der Waals surface area contributed by atoms with Crippen LogP contribution in [-0.2, 0) is 29.3 Å². The van der Waals surface area contributed by atoms with Crippen LogP contribution < -0.4 is 0 Å². The van der Waals surface area contributed by atoms with Gasteiger partial charge in [0.05, 0.1) is 16.7 Å². The molecule has 0 N–H and O–H groups in total. The van der Waals surface area contributed by atoms with Crippen LogP contribution in [-0.4, -0.2) is 36.4 Å². The molecule has 0 bridgehead atoms. The van der Waals surface area contributed by atoms with Gasteiger partial charge < -0.3 is 0 Å². The first-order valence-electron chi connectivity index (χ1n) is 10.4. The molecular formula is C24H30O8. The van der Waals surface area contributed by atoms with Gasteiger partial charge in [-0.05, 0) is 64.8 Å². The zero-order valence-electron chi connectivity index (χ0n) is 18.8. The van der Waals surface area contributed by atoms with Crippen LogP contribution in [0.5, 0.6) is 0 Å². The molecule has 2 rings (SSSR count). The van der Waals surface area contributed by atoms with Crippen molar-refractivity contribution in [3.8, 4) is 0 Å². The molecule has 0 amide bonds. The Morgan fingerprint density at radius 3 is 1.78 bits per heavy atom. The van der Waals surface area contributed by atoms with Crippen LogP contribution >= 0.6 is 0 Å². The molecule has 8 heteroatoms. The molecule has 32 heavy (non-hydrogen) atoms. The van der Waals surface area contributed by atoms with Crippen LogP contribution in [0.25, 0.3) is 0 Å². The van der Waals surface area contributed by atoms with E-state index in [1.165, 1.54) is 0 Å². The SMILES string of the molecule is CC(CCC(COOC(C)(C)C)OOC(=O)c1ccccc1)OOC(=O)c1ccccc1. The van der Waals surface area contributed by atoms with Gasteiger partial charge in [-0.3, -0.25) is 9.78 Å². The Morgan fingerprint density at radius 1 is 0.781 bits per heavy atom. The maximum absolute atomic E-state index is 12.1. The molecule has 0 saturated carbocycles. The second-order valence-corrected chi connectivity index (χ2v) is 8.16. The van der Waals surface area contributed by atoms with Gasteiger partial charge in [-0.2, -0.15) is 9.78 Å². The highest BCUT2D eigenvalue weighted by Crippen LogP contribution is 2.14. The van der Waals surface area contributed by atoms with E-state index in [9.17, 15) is 9.59 Å². The monoisotopic (exact) mass is 446 g/mol. The summed E-state index contributed by atoms with van der Waals surface area (Å²) in [5.74, 6) is -1.20. The van der Waals surface area contributed by atoms with E-state index in [2.05, 4.69) is 0 Å². The molecule has 2 atom stereocenters. The number of benzene rings is 2. The first kappa shape index (κ1) is 25.5. The van der Waals surface area contributed by atoms with Gasteiger partial charge in [0.2, 0.25) is 0 Å². The molecule has 0 heterocycles. The highest BCUT2D eigenvalue weighted by molar-refractivity contribution is 5.89. The lowest BCUT2D eigenvalue weighted by molar-refractivity contribution is -0.377. The molecule has 8 nitrogen and oxygen atoms in total. The highest BCUT2D eigenvalue weighted by Gasteiger charge is 2.20. The third-order valence-corrected chi connectivity index (χ3v) is 4.02. The van der Waals surface area contributed by atoms with E-state index in [4.69, 9.17) is 29.3 Å². The lowest BCUT2D eigenvalue weighted by Crippen LogP contribution is -2.27. The topological polar surface area (TPSA) is 89.5 Å². The summed E-state index contributed by atoms with van der Waals surface area (Å²) in [6.45, 7) is 7.30. The summed E-state index contributed by atoms with van der Waals surface area (Å²) in [6.07, 6.45) is -0.225. The van der Waals surface area contributed by atoms with Gasteiger partial charge in [-0.25, -0.2) is 19.4 Å². The van der Waals surface area contributed by atoms with Crippen molar-refractivity contribution in [3.05, 3.63) is 71.8 Å². The first-order valence-corrected chi connectivity index (χ1v) is 10.4. The smallest absolute Gasteiger partial charge is 0.293 e. The summed E-state index contributed by atoms with van der Waals surface area (Å²) in [4.78, 5) is 54.9. The normalized spacial score (nSPS) is 13.2. The molecule has 0 saturated heterocycles. The molecule has 2 aromatic carbocycles. The van der Waals surface area contributed by atoms with Crippen molar-refractivity contribution in [1.82, 2.24) is 0 Å². The maximum Gasteiger partial charge on any atom is 0.373 e. The lowest BCUT2D eigenvalue weighted by Gasteiger charge is -2.21. The van der Waals surface area contributed by atoms with Crippen LogP contribution in [0.3, 0.4) is 0 Å². The number of hydrogen-bond acceptors (Lipinski definition) is 8. The predicted octanol–water partition coefficient (Wildman–Crippen LogP) is 4.85. The number of carbonyl (C=O) groups excluding carboxylic acids is 2. The van der Waals surface area contributed by atoms with Crippen molar-refractivity contribution < 1.29 is 38.9 Å². The van der Waals surface area contributed by atoms with Crippen molar-refractivity contribution in [1.29, 1.82) is 0 Å². The Bertz CT molecular complexity index is 817. The molecule has 0 aliphatic rings. The van der Waals surface area contributed by atoms with Crippen molar-refractivity contribution >= 4 is 11.9 Å². The summed E-state index contributed by atoms with van der Waals surface area (Å²) in [6, 6.07) is 17.0. The molecule has 0 fully saturated rings. The van der Waals surface area contributed by atoms with Crippen molar-refractivity contribution in [2.75, 3.05) is 6.61 Å². The zero-order valence-corrected chi connectivity index (χ0v) is 18.8. The average Bonchev–Trinajstić information content (AvgIpc) is 2.79. The van der Waals surface area contributed by atoms with Crippen molar-refractivity contribution in [2.24, 2.45) is 0 Å². The summed E-state index contributed by atoms with van der Waals surface area (Å²) in [5, 5.41) is 0. The van der Waals surface area contributed by atoms with E-state index in [-0.39, 0.29) is 6.61 Å². The average molecular weight is 446 g/mol. The van der Waals surface area contributed by atoms with Crippen LogP contribution in [0.15, 0.2) is 60.7 Å². The maximum atomic E-state index is 12.1. The van der Waals surface area contributed by atoms with E-state index in [0.29, 0.717) is 24.0 Å². The first-order chi connectivity index (χ1) is 15.2. The molecule has 0 aromatic heterocycles. The third kappa shape index (κ3) is 10.0. The van der Waals surface area contributed by atoms with Crippen LogP contribution in [0, 0.1) is 0 Å². The Labute approximate surface area is 188 Å². The lowest BCUT2D eigenvalue weighted by atomic mass is 10.1. The fourth-order valence-electron chi connectivity index (χ4n) is 2.40. The standard InChI is InChI=1S/C24H30O8/c1-18(28-30-22(25)19-11-7-5-8-12-19)15-16-21(17-27-32-24(2,3)4)29-31-23(26)20-13-9-6-10-14-20/h5-14,18,21H,15-17H2,1-4H3. The Morgan fingerprint density at radius 2 is 1.28 bits per heavy atom. The minimum Gasteiger partial charge on any atom is -0.293 e. The van der Waals surface area contributed by atoms with Crippen LogP contribution in [0.1, 0.15) is 61.3 Å². The summed E-state index contributed by atoms with van der Waals surface area (Å²) >= 11 is 0. The molecule has 0 aliphatic carbocycles. The van der Waals surface area contributed by atoms with Gasteiger partial charge in [0.1, 0.15) is 18.8 Å². The second kappa shape index (κ2) is 12.9. The van der Waals surface area contributed by atoms with E-state index in [1.807, 2.05) is 20.8 Å². The Balaban J connectivity index is 1.81. The summed E-state index contributed by atoms with van der Waals surface area (Å²) in [7, 11) is 0. The minimum absolute atomic E-state index is 0.0237. The molecule has 2 aromatic rings. The van der Waals surface area contributed by atoms with E-state index >= 15 is 0 Å². The van der Waals surface area contributed by atoms with Gasteiger partial charge in [0, 0.05) is 0 Å². The third-order valence-electron chi connectivity index (χ3n) is 4.02. The molecule has 0 aliphatic heterocycles. The number of carbonyl (C=O) groups is 2. The van der Waals surface area contributed by atoms with Crippen molar-refractivity contribution in [3.63, 3.8) is 0 Å². The molecule has 174 valence electrons. The van der Waals surface area contributed by atoms with E-state index in [0.717, 1.165) is 0 Å². The Hall–Kier alpha value is -2.78. The van der Waals surface area contributed by atoms with Gasteiger partial charge >= 0.3 is 11.9 Å². The fourth-order valence-corrected chi connectivity index (χ4v) is 2.40. The molecule has 2 unspecified atom stereocenters. The molecular weight excluding hydrogens is 416 g/mol. The number of rotatable bonds is 12. The Kier molecular flexibility index (Phi) is 10.3. The summed E-state index contributed by atoms with van der Waals surface area (Å²) < 4.78 is 0. The van der Waals surface area contributed by atoms with Gasteiger partial charge in [0.15, 0.2) is 0 Å². The number of hydrogen-bond donors (Lipinski definition) is 0. The van der Waals surface area contributed by atoms with Crippen LogP contribution in [0.4, 0.5) is 0 Å².